The van der Waals surface area contributed by atoms with Crippen LogP contribution in [0.3, 0.4) is 0 Å². The fourth-order valence-corrected chi connectivity index (χ4v) is 2.59. The SMILES string of the molecule is CCC(CNCc1sccc1C)NC(=O)OC(C)(C)C. The first-order chi connectivity index (χ1) is 9.31. The maximum Gasteiger partial charge on any atom is 0.407 e. The lowest BCUT2D eigenvalue weighted by atomic mass is 10.2. The van der Waals surface area contributed by atoms with E-state index in [2.05, 4.69) is 35.9 Å². The second-order valence-corrected chi connectivity index (χ2v) is 6.91. The standard InChI is InChI=1S/C15H26N2O2S/c1-6-12(17-14(18)19-15(3,4)5)9-16-10-13-11(2)7-8-20-13/h7-8,12,16H,6,9-10H2,1-5H3,(H,17,18). The van der Waals surface area contributed by atoms with E-state index in [1.54, 1.807) is 11.3 Å². The summed E-state index contributed by atoms with van der Waals surface area (Å²) >= 11 is 1.76. The molecule has 0 saturated carbocycles. The molecule has 114 valence electrons. The molecule has 0 aromatic carbocycles. The van der Waals surface area contributed by atoms with Gasteiger partial charge in [-0.05, 0) is 51.1 Å². The van der Waals surface area contributed by atoms with Gasteiger partial charge in [-0.2, -0.15) is 0 Å². The summed E-state index contributed by atoms with van der Waals surface area (Å²) in [5.41, 5.74) is 0.861. The minimum absolute atomic E-state index is 0.0881. The first kappa shape index (κ1) is 17.0. The Morgan fingerprint density at radius 2 is 2.15 bits per heavy atom. The van der Waals surface area contributed by atoms with Gasteiger partial charge in [-0.25, -0.2) is 4.79 Å². The second-order valence-electron chi connectivity index (χ2n) is 5.91. The molecule has 0 aliphatic rings. The Balaban J connectivity index is 2.32. The van der Waals surface area contributed by atoms with Crippen molar-refractivity contribution in [3.05, 3.63) is 21.9 Å². The largest absolute Gasteiger partial charge is 0.444 e. The highest BCUT2D eigenvalue weighted by Crippen LogP contribution is 2.14. The summed E-state index contributed by atoms with van der Waals surface area (Å²) < 4.78 is 5.27. The van der Waals surface area contributed by atoms with Crippen LogP contribution in [-0.2, 0) is 11.3 Å². The summed E-state index contributed by atoms with van der Waals surface area (Å²) in [6, 6.07) is 2.21. The van der Waals surface area contributed by atoms with E-state index in [0.717, 1.165) is 19.5 Å². The number of aryl methyl sites for hydroxylation is 1. The van der Waals surface area contributed by atoms with E-state index < -0.39 is 5.60 Å². The Labute approximate surface area is 125 Å². The van der Waals surface area contributed by atoms with Gasteiger partial charge < -0.3 is 15.4 Å². The van der Waals surface area contributed by atoms with E-state index in [1.807, 2.05) is 20.8 Å². The average Bonchev–Trinajstić information content (AvgIpc) is 2.71. The summed E-state index contributed by atoms with van der Waals surface area (Å²) in [5, 5.41) is 8.39. The molecule has 1 rings (SSSR count). The zero-order valence-electron chi connectivity index (χ0n) is 13.1. The number of carbonyl (C=O) groups is 1. The van der Waals surface area contributed by atoms with Crippen molar-refractivity contribution in [2.24, 2.45) is 0 Å². The summed E-state index contributed by atoms with van der Waals surface area (Å²) in [5.74, 6) is 0. The lowest BCUT2D eigenvalue weighted by Crippen LogP contribution is -2.43. The zero-order chi connectivity index (χ0) is 15.2. The molecule has 2 N–H and O–H groups in total. The van der Waals surface area contributed by atoms with Gasteiger partial charge in [0.15, 0.2) is 0 Å². The van der Waals surface area contributed by atoms with Gasteiger partial charge in [0.2, 0.25) is 0 Å². The number of rotatable bonds is 6. The molecule has 1 aromatic rings. The molecular weight excluding hydrogens is 272 g/mol. The topological polar surface area (TPSA) is 50.4 Å². The van der Waals surface area contributed by atoms with Crippen LogP contribution in [0, 0.1) is 6.92 Å². The number of hydrogen-bond acceptors (Lipinski definition) is 4. The van der Waals surface area contributed by atoms with E-state index in [0.29, 0.717) is 0 Å². The van der Waals surface area contributed by atoms with Crippen LogP contribution >= 0.6 is 11.3 Å². The molecule has 0 aliphatic heterocycles. The number of nitrogens with one attached hydrogen (secondary N) is 2. The molecule has 0 spiro atoms. The molecule has 1 amide bonds. The van der Waals surface area contributed by atoms with Crippen LogP contribution in [0.25, 0.3) is 0 Å². The van der Waals surface area contributed by atoms with Gasteiger partial charge in [0.1, 0.15) is 5.60 Å². The molecule has 4 nitrogen and oxygen atoms in total. The summed E-state index contributed by atoms with van der Waals surface area (Å²) in [7, 11) is 0. The van der Waals surface area contributed by atoms with Gasteiger partial charge >= 0.3 is 6.09 Å². The van der Waals surface area contributed by atoms with Gasteiger partial charge in [-0.15, -0.1) is 11.3 Å². The molecule has 1 unspecified atom stereocenters. The highest BCUT2D eigenvalue weighted by Gasteiger charge is 2.18. The van der Waals surface area contributed by atoms with Crippen LogP contribution in [0.2, 0.25) is 0 Å². The lowest BCUT2D eigenvalue weighted by molar-refractivity contribution is 0.0502. The van der Waals surface area contributed by atoms with E-state index in [9.17, 15) is 4.79 Å². The Morgan fingerprint density at radius 1 is 1.45 bits per heavy atom. The van der Waals surface area contributed by atoms with Crippen molar-refractivity contribution in [2.45, 2.75) is 59.2 Å². The minimum Gasteiger partial charge on any atom is -0.444 e. The number of hydrogen-bond donors (Lipinski definition) is 2. The van der Waals surface area contributed by atoms with Crippen molar-refractivity contribution in [2.75, 3.05) is 6.54 Å². The quantitative estimate of drug-likeness (QED) is 0.845. The van der Waals surface area contributed by atoms with Crippen molar-refractivity contribution in [3.8, 4) is 0 Å². The number of carbonyl (C=O) groups excluding carboxylic acids is 1. The van der Waals surface area contributed by atoms with Gasteiger partial charge in [-0.1, -0.05) is 6.92 Å². The third-order valence-corrected chi connectivity index (χ3v) is 3.88. The molecular formula is C15H26N2O2S. The number of alkyl carbamates (subject to hydrolysis) is 1. The predicted octanol–water partition coefficient (Wildman–Crippen LogP) is 3.45. The smallest absolute Gasteiger partial charge is 0.407 e. The van der Waals surface area contributed by atoms with Gasteiger partial charge in [0, 0.05) is 24.0 Å². The number of thiophene rings is 1. The average molecular weight is 298 g/mol. The van der Waals surface area contributed by atoms with Crippen molar-refractivity contribution < 1.29 is 9.53 Å². The fourth-order valence-electron chi connectivity index (χ4n) is 1.72. The molecule has 0 bridgehead atoms. The van der Waals surface area contributed by atoms with E-state index in [4.69, 9.17) is 4.74 Å². The Hall–Kier alpha value is -1.07. The molecule has 0 radical (unpaired) electrons. The Kier molecular flexibility index (Phi) is 6.49. The molecule has 0 fully saturated rings. The van der Waals surface area contributed by atoms with Crippen LogP contribution in [0.15, 0.2) is 11.4 Å². The molecule has 0 aliphatic carbocycles. The lowest BCUT2D eigenvalue weighted by Gasteiger charge is -2.23. The third kappa shape index (κ3) is 6.39. The molecule has 1 heterocycles. The maximum atomic E-state index is 11.7. The van der Waals surface area contributed by atoms with Crippen LogP contribution in [0.4, 0.5) is 4.79 Å². The highest BCUT2D eigenvalue weighted by atomic mass is 32.1. The second kappa shape index (κ2) is 7.64. The zero-order valence-corrected chi connectivity index (χ0v) is 13.9. The van der Waals surface area contributed by atoms with Crippen LogP contribution < -0.4 is 10.6 Å². The predicted molar refractivity (Wildman–Crippen MR) is 84.2 cm³/mol. The van der Waals surface area contributed by atoms with Gasteiger partial charge in [0.05, 0.1) is 0 Å². The van der Waals surface area contributed by atoms with Crippen molar-refractivity contribution in [3.63, 3.8) is 0 Å². The third-order valence-electron chi connectivity index (χ3n) is 2.86. The Bertz CT molecular complexity index is 424. The molecule has 1 atom stereocenters. The summed E-state index contributed by atoms with van der Waals surface area (Å²) in [4.78, 5) is 13.1. The van der Waals surface area contributed by atoms with E-state index in [1.165, 1.54) is 10.4 Å². The Morgan fingerprint density at radius 3 is 2.65 bits per heavy atom. The molecule has 0 saturated heterocycles. The summed E-state index contributed by atoms with van der Waals surface area (Å²) in [6.07, 6.45) is 0.522. The first-order valence-electron chi connectivity index (χ1n) is 7.05. The van der Waals surface area contributed by atoms with Crippen LogP contribution in [0.1, 0.15) is 44.6 Å². The van der Waals surface area contributed by atoms with Crippen LogP contribution in [-0.4, -0.2) is 24.3 Å². The molecule has 20 heavy (non-hydrogen) atoms. The normalized spacial score (nSPS) is 13.1. The molecule has 1 aromatic heterocycles. The minimum atomic E-state index is -0.454. The van der Waals surface area contributed by atoms with E-state index in [-0.39, 0.29) is 12.1 Å². The molecule has 5 heteroatoms. The van der Waals surface area contributed by atoms with E-state index >= 15 is 0 Å². The fraction of sp³-hybridized carbons (Fsp3) is 0.667. The van der Waals surface area contributed by atoms with Crippen molar-refractivity contribution in [1.82, 2.24) is 10.6 Å². The maximum absolute atomic E-state index is 11.7. The van der Waals surface area contributed by atoms with Gasteiger partial charge in [-0.3, -0.25) is 0 Å². The summed E-state index contributed by atoms with van der Waals surface area (Å²) in [6.45, 7) is 11.4. The van der Waals surface area contributed by atoms with Crippen molar-refractivity contribution >= 4 is 17.4 Å². The first-order valence-corrected chi connectivity index (χ1v) is 7.93. The number of ether oxygens (including phenoxy) is 1. The monoisotopic (exact) mass is 298 g/mol. The van der Waals surface area contributed by atoms with Crippen LogP contribution in [0.5, 0.6) is 0 Å². The highest BCUT2D eigenvalue weighted by molar-refractivity contribution is 7.10. The van der Waals surface area contributed by atoms with Crippen molar-refractivity contribution in [1.29, 1.82) is 0 Å². The van der Waals surface area contributed by atoms with Gasteiger partial charge in [0.25, 0.3) is 0 Å². The number of amides is 1.